The minimum absolute atomic E-state index is 0.162. The molecule has 7 heteroatoms. The van der Waals surface area contributed by atoms with Gasteiger partial charge in [0.1, 0.15) is 19.0 Å². The minimum Gasteiger partial charge on any atom is -0.493 e. The standard InChI is InChI=1S/C21H22N2O4S/c1-15-23-17(14-28-15)13-27-18-9-7-16(8-10-18)21(24)22-11-12-26-20-6-4-3-5-19(20)25-2/h3-10,14H,11-13H2,1-2H3,(H,22,24). The highest BCUT2D eigenvalue weighted by molar-refractivity contribution is 7.09. The van der Waals surface area contributed by atoms with Crippen molar-refractivity contribution in [3.05, 3.63) is 70.2 Å². The van der Waals surface area contributed by atoms with Crippen molar-refractivity contribution in [2.24, 2.45) is 0 Å². The van der Waals surface area contributed by atoms with Gasteiger partial charge in [-0.3, -0.25) is 4.79 Å². The summed E-state index contributed by atoms with van der Waals surface area (Å²) in [4.78, 5) is 16.6. The van der Waals surface area contributed by atoms with E-state index in [0.29, 0.717) is 42.6 Å². The average Bonchev–Trinajstić information content (AvgIpc) is 3.15. The van der Waals surface area contributed by atoms with Crippen molar-refractivity contribution in [2.45, 2.75) is 13.5 Å². The number of rotatable bonds is 9. The molecule has 2 aromatic carbocycles. The van der Waals surface area contributed by atoms with E-state index in [4.69, 9.17) is 14.2 Å². The molecule has 28 heavy (non-hydrogen) atoms. The molecular formula is C21H22N2O4S. The third kappa shape index (κ3) is 5.47. The van der Waals surface area contributed by atoms with Crippen molar-refractivity contribution in [1.82, 2.24) is 10.3 Å². The number of para-hydroxylation sites is 2. The van der Waals surface area contributed by atoms with Crippen molar-refractivity contribution in [3.8, 4) is 17.2 Å². The van der Waals surface area contributed by atoms with Gasteiger partial charge in [-0.2, -0.15) is 0 Å². The minimum atomic E-state index is -0.162. The van der Waals surface area contributed by atoms with E-state index in [1.807, 2.05) is 36.6 Å². The first kappa shape index (κ1) is 19.7. The van der Waals surface area contributed by atoms with Crippen LogP contribution in [0, 0.1) is 6.92 Å². The predicted molar refractivity (Wildman–Crippen MR) is 108 cm³/mol. The molecule has 0 unspecified atom stereocenters. The van der Waals surface area contributed by atoms with E-state index in [0.717, 1.165) is 10.7 Å². The first-order chi connectivity index (χ1) is 13.7. The molecule has 146 valence electrons. The highest BCUT2D eigenvalue weighted by Crippen LogP contribution is 2.25. The second-order valence-electron chi connectivity index (χ2n) is 5.93. The summed E-state index contributed by atoms with van der Waals surface area (Å²) in [5.41, 5.74) is 1.47. The maximum Gasteiger partial charge on any atom is 0.251 e. The lowest BCUT2D eigenvalue weighted by Crippen LogP contribution is -2.28. The van der Waals surface area contributed by atoms with Crippen LogP contribution in [0.4, 0.5) is 0 Å². The van der Waals surface area contributed by atoms with Crippen LogP contribution in [-0.2, 0) is 6.61 Å². The van der Waals surface area contributed by atoms with Gasteiger partial charge >= 0.3 is 0 Å². The van der Waals surface area contributed by atoms with Gasteiger partial charge in [0.15, 0.2) is 11.5 Å². The second kappa shape index (κ2) is 9.75. The molecule has 3 rings (SSSR count). The van der Waals surface area contributed by atoms with Gasteiger partial charge in [0.05, 0.1) is 24.4 Å². The molecule has 0 aliphatic rings. The van der Waals surface area contributed by atoms with Gasteiger partial charge in [-0.1, -0.05) is 12.1 Å². The summed E-state index contributed by atoms with van der Waals surface area (Å²) in [6.45, 7) is 3.11. The van der Waals surface area contributed by atoms with Crippen LogP contribution in [0.3, 0.4) is 0 Å². The Morgan fingerprint density at radius 3 is 2.50 bits per heavy atom. The first-order valence-electron chi connectivity index (χ1n) is 8.83. The van der Waals surface area contributed by atoms with Crippen molar-refractivity contribution < 1.29 is 19.0 Å². The summed E-state index contributed by atoms with van der Waals surface area (Å²) in [6, 6.07) is 14.4. The van der Waals surface area contributed by atoms with Crippen molar-refractivity contribution in [1.29, 1.82) is 0 Å². The van der Waals surface area contributed by atoms with E-state index in [1.54, 1.807) is 42.7 Å². The molecule has 0 aliphatic carbocycles. The molecule has 0 spiro atoms. The Labute approximate surface area is 168 Å². The summed E-state index contributed by atoms with van der Waals surface area (Å²) < 4.78 is 16.6. The van der Waals surface area contributed by atoms with Gasteiger partial charge < -0.3 is 19.5 Å². The fourth-order valence-electron chi connectivity index (χ4n) is 2.50. The lowest BCUT2D eigenvalue weighted by molar-refractivity contribution is 0.0946. The van der Waals surface area contributed by atoms with Crippen LogP contribution in [-0.4, -0.2) is 31.2 Å². The summed E-state index contributed by atoms with van der Waals surface area (Å²) in [6.07, 6.45) is 0. The molecule has 0 fully saturated rings. The SMILES string of the molecule is COc1ccccc1OCCNC(=O)c1ccc(OCc2csc(C)n2)cc1. The number of thiazole rings is 1. The number of nitrogens with zero attached hydrogens (tertiary/aromatic N) is 1. The number of amides is 1. The molecule has 0 atom stereocenters. The van der Waals surface area contributed by atoms with E-state index < -0.39 is 0 Å². The summed E-state index contributed by atoms with van der Waals surface area (Å²) in [7, 11) is 1.59. The van der Waals surface area contributed by atoms with Crippen molar-refractivity contribution >= 4 is 17.2 Å². The molecule has 0 bridgehead atoms. The zero-order valence-electron chi connectivity index (χ0n) is 15.8. The number of hydrogen-bond acceptors (Lipinski definition) is 6. The Morgan fingerprint density at radius 2 is 1.82 bits per heavy atom. The van der Waals surface area contributed by atoms with Crippen LogP contribution in [0.1, 0.15) is 21.1 Å². The smallest absolute Gasteiger partial charge is 0.251 e. The Bertz CT molecular complexity index is 909. The lowest BCUT2D eigenvalue weighted by atomic mass is 10.2. The van der Waals surface area contributed by atoms with Crippen LogP contribution in [0.5, 0.6) is 17.2 Å². The predicted octanol–water partition coefficient (Wildman–Crippen LogP) is 3.85. The number of carbonyl (C=O) groups is 1. The van der Waals surface area contributed by atoms with Gasteiger partial charge in [-0.25, -0.2) is 4.98 Å². The zero-order chi connectivity index (χ0) is 19.8. The largest absolute Gasteiger partial charge is 0.493 e. The number of carbonyl (C=O) groups excluding carboxylic acids is 1. The second-order valence-corrected chi connectivity index (χ2v) is 6.99. The molecule has 0 radical (unpaired) electrons. The Kier molecular flexibility index (Phi) is 6.86. The van der Waals surface area contributed by atoms with Crippen LogP contribution in [0.25, 0.3) is 0 Å². The summed E-state index contributed by atoms with van der Waals surface area (Å²) >= 11 is 1.59. The Hall–Kier alpha value is -3.06. The fourth-order valence-corrected chi connectivity index (χ4v) is 3.10. The van der Waals surface area contributed by atoms with Gasteiger partial charge in [0.2, 0.25) is 0 Å². The van der Waals surface area contributed by atoms with E-state index in [1.165, 1.54) is 0 Å². The molecule has 1 aromatic heterocycles. The molecule has 0 aliphatic heterocycles. The van der Waals surface area contributed by atoms with Crippen LogP contribution < -0.4 is 19.5 Å². The van der Waals surface area contributed by atoms with E-state index in [9.17, 15) is 4.79 Å². The highest BCUT2D eigenvalue weighted by atomic mass is 32.1. The third-order valence-corrected chi connectivity index (χ3v) is 4.71. The van der Waals surface area contributed by atoms with Crippen LogP contribution >= 0.6 is 11.3 Å². The number of ether oxygens (including phenoxy) is 3. The summed E-state index contributed by atoms with van der Waals surface area (Å²) in [5.74, 6) is 1.85. The number of hydrogen-bond donors (Lipinski definition) is 1. The zero-order valence-corrected chi connectivity index (χ0v) is 16.6. The number of aryl methyl sites for hydroxylation is 1. The van der Waals surface area contributed by atoms with Gasteiger partial charge in [0, 0.05) is 10.9 Å². The molecule has 1 amide bonds. The quantitative estimate of drug-likeness (QED) is 0.555. The Morgan fingerprint density at radius 1 is 1.07 bits per heavy atom. The average molecular weight is 398 g/mol. The molecule has 1 heterocycles. The number of methoxy groups -OCH3 is 1. The highest BCUT2D eigenvalue weighted by Gasteiger charge is 2.07. The van der Waals surface area contributed by atoms with Crippen LogP contribution in [0.15, 0.2) is 53.9 Å². The van der Waals surface area contributed by atoms with Gasteiger partial charge in [0.25, 0.3) is 5.91 Å². The summed E-state index contributed by atoms with van der Waals surface area (Å²) in [5, 5.41) is 5.82. The van der Waals surface area contributed by atoms with E-state index in [-0.39, 0.29) is 5.91 Å². The van der Waals surface area contributed by atoms with E-state index in [2.05, 4.69) is 10.3 Å². The maximum atomic E-state index is 12.2. The third-order valence-electron chi connectivity index (χ3n) is 3.88. The number of benzene rings is 2. The molecule has 3 aromatic rings. The number of nitrogens with one attached hydrogen (secondary N) is 1. The fraction of sp³-hybridized carbons (Fsp3) is 0.238. The normalized spacial score (nSPS) is 10.4. The van der Waals surface area contributed by atoms with Gasteiger partial charge in [-0.05, 0) is 43.3 Å². The molecular weight excluding hydrogens is 376 g/mol. The lowest BCUT2D eigenvalue weighted by Gasteiger charge is -2.11. The van der Waals surface area contributed by atoms with E-state index >= 15 is 0 Å². The van der Waals surface area contributed by atoms with Crippen molar-refractivity contribution in [3.63, 3.8) is 0 Å². The molecule has 6 nitrogen and oxygen atoms in total. The molecule has 0 saturated heterocycles. The monoisotopic (exact) mass is 398 g/mol. The molecule has 0 saturated carbocycles. The number of aromatic nitrogens is 1. The van der Waals surface area contributed by atoms with Crippen LogP contribution in [0.2, 0.25) is 0 Å². The maximum absolute atomic E-state index is 12.2. The van der Waals surface area contributed by atoms with Crippen molar-refractivity contribution in [2.75, 3.05) is 20.3 Å². The topological polar surface area (TPSA) is 69.7 Å². The first-order valence-corrected chi connectivity index (χ1v) is 9.71. The van der Waals surface area contributed by atoms with Gasteiger partial charge in [-0.15, -0.1) is 11.3 Å². The molecule has 1 N–H and O–H groups in total. The Balaban J connectivity index is 1.43.